The summed E-state index contributed by atoms with van der Waals surface area (Å²) < 4.78 is 2.09. The van der Waals surface area contributed by atoms with Gasteiger partial charge in [-0.1, -0.05) is 24.3 Å². The van der Waals surface area contributed by atoms with Crippen LogP contribution < -0.4 is 10.2 Å². The van der Waals surface area contributed by atoms with E-state index >= 15 is 0 Å². The molecule has 0 saturated heterocycles. The number of nitrogens with zero attached hydrogens (tertiary/aromatic N) is 3. The molecule has 0 aliphatic carbocycles. The van der Waals surface area contributed by atoms with Gasteiger partial charge in [-0.3, -0.25) is 9.59 Å². The van der Waals surface area contributed by atoms with Crippen LogP contribution in [-0.4, -0.2) is 40.2 Å². The first kappa shape index (κ1) is 17.6. The molecule has 0 saturated carbocycles. The van der Waals surface area contributed by atoms with E-state index in [1.165, 1.54) is 11.8 Å². The van der Waals surface area contributed by atoms with Gasteiger partial charge in [-0.15, -0.1) is 11.8 Å². The van der Waals surface area contributed by atoms with Crippen molar-refractivity contribution < 1.29 is 9.59 Å². The molecule has 1 aromatic heterocycles. The molecule has 138 valence electrons. The van der Waals surface area contributed by atoms with Crippen LogP contribution in [0.2, 0.25) is 0 Å². The molecular weight excluding hydrogens is 360 g/mol. The number of nitrogens with one attached hydrogen (secondary N) is 1. The van der Waals surface area contributed by atoms with Crippen LogP contribution >= 0.6 is 11.8 Å². The van der Waals surface area contributed by atoms with Crippen molar-refractivity contribution in [2.75, 3.05) is 23.7 Å². The average Bonchev–Trinajstić information content (AvgIpc) is 3.11. The zero-order valence-electron chi connectivity index (χ0n) is 14.8. The summed E-state index contributed by atoms with van der Waals surface area (Å²) in [5.41, 5.74) is 2.89. The Morgan fingerprint density at radius 3 is 2.89 bits per heavy atom. The minimum absolute atomic E-state index is 0.0289. The van der Waals surface area contributed by atoms with Gasteiger partial charge in [0.15, 0.2) is 0 Å². The predicted octanol–water partition coefficient (Wildman–Crippen LogP) is 2.68. The first-order valence-electron chi connectivity index (χ1n) is 8.91. The third-order valence-corrected chi connectivity index (χ3v) is 5.58. The van der Waals surface area contributed by atoms with Gasteiger partial charge >= 0.3 is 0 Å². The lowest BCUT2D eigenvalue weighted by atomic mass is 10.2. The maximum absolute atomic E-state index is 12.3. The van der Waals surface area contributed by atoms with Gasteiger partial charge in [0.05, 0.1) is 28.8 Å². The van der Waals surface area contributed by atoms with E-state index < -0.39 is 0 Å². The fraction of sp³-hybridized carbons (Fsp3) is 0.250. The summed E-state index contributed by atoms with van der Waals surface area (Å²) in [5.74, 6) is 0.206. The number of imidazole rings is 1. The van der Waals surface area contributed by atoms with E-state index in [-0.39, 0.29) is 18.4 Å². The van der Waals surface area contributed by atoms with E-state index in [0.29, 0.717) is 12.3 Å². The molecule has 4 rings (SSSR count). The second kappa shape index (κ2) is 7.84. The number of benzene rings is 2. The first-order chi connectivity index (χ1) is 13.2. The molecule has 0 unspecified atom stereocenters. The van der Waals surface area contributed by atoms with Crippen molar-refractivity contribution in [1.82, 2.24) is 14.9 Å². The highest BCUT2D eigenvalue weighted by atomic mass is 32.2. The number of carbonyl (C=O) groups excluding carboxylic acids is 2. The van der Waals surface area contributed by atoms with Crippen LogP contribution in [0.15, 0.2) is 59.8 Å². The molecule has 2 aromatic carbocycles. The molecule has 1 N–H and O–H groups in total. The van der Waals surface area contributed by atoms with Gasteiger partial charge in [0.2, 0.25) is 11.8 Å². The zero-order valence-corrected chi connectivity index (χ0v) is 15.6. The Morgan fingerprint density at radius 1 is 1.15 bits per heavy atom. The SMILES string of the molecule is O=C(CN1C(=O)CSc2ccccc21)NCCCn1cnc2ccccc21. The number of fused-ring (bicyclic) bond motifs is 2. The largest absolute Gasteiger partial charge is 0.354 e. The van der Waals surface area contributed by atoms with Crippen molar-refractivity contribution in [1.29, 1.82) is 0 Å². The van der Waals surface area contributed by atoms with Gasteiger partial charge in [0, 0.05) is 18.0 Å². The van der Waals surface area contributed by atoms with Gasteiger partial charge < -0.3 is 14.8 Å². The zero-order chi connectivity index (χ0) is 18.6. The van der Waals surface area contributed by atoms with E-state index in [2.05, 4.69) is 14.9 Å². The molecule has 7 heteroatoms. The summed E-state index contributed by atoms with van der Waals surface area (Å²) in [6.45, 7) is 1.40. The van der Waals surface area contributed by atoms with E-state index in [4.69, 9.17) is 0 Å². The second-order valence-corrected chi connectivity index (χ2v) is 7.38. The van der Waals surface area contributed by atoms with Crippen LogP contribution in [0.3, 0.4) is 0 Å². The minimum atomic E-state index is -0.138. The van der Waals surface area contributed by atoms with Crippen molar-refractivity contribution in [2.24, 2.45) is 0 Å². The fourth-order valence-corrected chi connectivity index (χ4v) is 4.13. The molecule has 0 fully saturated rings. The number of thioether (sulfide) groups is 1. The third kappa shape index (κ3) is 3.83. The Kier molecular flexibility index (Phi) is 5.11. The Bertz CT molecular complexity index is 985. The minimum Gasteiger partial charge on any atom is -0.354 e. The maximum atomic E-state index is 12.3. The molecule has 0 radical (unpaired) electrons. The number of amides is 2. The standard InChI is InChI=1S/C20H20N4O2S/c25-19(12-24-17-8-3-4-9-18(17)27-13-20(24)26)21-10-5-11-23-14-22-15-6-1-2-7-16(15)23/h1-4,6-9,14H,5,10-13H2,(H,21,25). The van der Waals surface area contributed by atoms with E-state index in [1.54, 1.807) is 4.90 Å². The van der Waals surface area contributed by atoms with Crippen LogP contribution in [0.4, 0.5) is 5.69 Å². The maximum Gasteiger partial charge on any atom is 0.240 e. The summed E-state index contributed by atoms with van der Waals surface area (Å²) in [4.78, 5) is 31.5. The highest BCUT2D eigenvalue weighted by Crippen LogP contribution is 2.34. The van der Waals surface area contributed by atoms with Crippen molar-refractivity contribution >= 4 is 40.3 Å². The van der Waals surface area contributed by atoms with Crippen LogP contribution in [0.1, 0.15) is 6.42 Å². The highest BCUT2D eigenvalue weighted by Gasteiger charge is 2.25. The van der Waals surface area contributed by atoms with Gasteiger partial charge in [-0.2, -0.15) is 0 Å². The number of aryl methyl sites for hydroxylation is 1. The summed E-state index contributed by atoms with van der Waals surface area (Å²) in [6.07, 6.45) is 2.62. The predicted molar refractivity (Wildman–Crippen MR) is 107 cm³/mol. The molecule has 0 bridgehead atoms. The number of hydrogen-bond donors (Lipinski definition) is 1. The van der Waals surface area contributed by atoms with E-state index in [9.17, 15) is 9.59 Å². The first-order valence-corrected chi connectivity index (χ1v) is 9.90. The fourth-order valence-electron chi connectivity index (χ4n) is 3.19. The second-order valence-electron chi connectivity index (χ2n) is 6.37. The van der Waals surface area contributed by atoms with E-state index in [0.717, 1.165) is 34.6 Å². The lowest BCUT2D eigenvalue weighted by Gasteiger charge is -2.28. The topological polar surface area (TPSA) is 67.2 Å². The van der Waals surface area contributed by atoms with E-state index in [1.807, 2.05) is 54.9 Å². The third-order valence-electron chi connectivity index (χ3n) is 4.54. The Morgan fingerprint density at radius 2 is 1.96 bits per heavy atom. The number of carbonyl (C=O) groups is 2. The normalized spacial score (nSPS) is 13.6. The summed E-state index contributed by atoms with van der Waals surface area (Å²) >= 11 is 1.52. The molecule has 0 atom stereocenters. The smallest absolute Gasteiger partial charge is 0.240 e. The quantitative estimate of drug-likeness (QED) is 0.668. The van der Waals surface area contributed by atoms with Gasteiger partial charge in [-0.25, -0.2) is 4.98 Å². The molecule has 3 aromatic rings. The van der Waals surface area contributed by atoms with Gasteiger partial charge in [0.1, 0.15) is 6.54 Å². The summed E-state index contributed by atoms with van der Waals surface area (Å²) in [5, 5.41) is 2.92. The lowest BCUT2D eigenvalue weighted by molar-refractivity contribution is -0.123. The van der Waals surface area contributed by atoms with Gasteiger partial charge in [0.25, 0.3) is 0 Å². The number of para-hydroxylation sites is 3. The molecule has 27 heavy (non-hydrogen) atoms. The monoisotopic (exact) mass is 380 g/mol. The van der Waals surface area contributed by atoms with Crippen molar-refractivity contribution in [2.45, 2.75) is 17.9 Å². The van der Waals surface area contributed by atoms with Crippen LogP contribution in [0.5, 0.6) is 0 Å². The molecule has 1 aliphatic heterocycles. The number of rotatable bonds is 6. The molecule has 0 spiro atoms. The Labute approximate surface area is 161 Å². The molecular formula is C20H20N4O2S. The molecule has 2 amide bonds. The lowest BCUT2D eigenvalue weighted by Crippen LogP contribution is -2.43. The van der Waals surface area contributed by atoms with Crippen molar-refractivity contribution in [3.63, 3.8) is 0 Å². The Hall–Kier alpha value is -2.80. The number of hydrogen-bond acceptors (Lipinski definition) is 4. The number of anilines is 1. The van der Waals surface area contributed by atoms with Crippen LogP contribution in [0, 0.1) is 0 Å². The Balaban J connectivity index is 1.29. The molecule has 6 nitrogen and oxygen atoms in total. The van der Waals surface area contributed by atoms with Crippen molar-refractivity contribution in [3.05, 3.63) is 54.9 Å². The van der Waals surface area contributed by atoms with Crippen molar-refractivity contribution in [3.8, 4) is 0 Å². The molecule has 2 heterocycles. The average molecular weight is 380 g/mol. The number of aromatic nitrogens is 2. The summed E-state index contributed by atoms with van der Waals surface area (Å²) in [7, 11) is 0. The summed E-state index contributed by atoms with van der Waals surface area (Å²) in [6, 6.07) is 15.7. The van der Waals surface area contributed by atoms with Gasteiger partial charge in [-0.05, 0) is 30.7 Å². The van der Waals surface area contributed by atoms with Crippen LogP contribution in [0.25, 0.3) is 11.0 Å². The highest BCUT2D eigenvalue weighted by molar-refractivity contribution is 8.00. The van der Waals surface area contributed by atoms with Crippen LogP contribution in [-0.2, 0) is 16.1 Å². The molecule has 1 aliphatic rings.